The molecule has 0 unspecified atom stereocenters. The lowest BCUT2D eigenvalue weighted by Gasteiger charge is -1.94. The summed E-state index contributed by atoms with van der Waals surface area (Å²) in [5.74, 6) is 0.235. The summed E-state index contributed by atoms with van der Waals surface area (Å²) in [6, 6.07) is 3.56. The molecule has 5 heteroatoms. The molecule has 2 aromatic heterocycles. The number of ether oxygens (including phenoxy) is 1. The lowest BCUT2D eigenvalue weighted by Crippen LogP contribution is -2.01. The average Bonchev–Trinajstić information content (AvgIpc) is 2.68. The van der Waals surface area contributed by atoms with E-state index in [4.69, 9.17) is 4.42 Å². The van der Waals surface area contributed by atoms with Crippen LogP contribution in [0.5, 0.6) is 0 Å². The van der Waals surface area contributed by atoms with E-state index in [1.807, 2.05) is 0 Å². The first kappa shape index (κ1) is 9.64. The Morgan fingerprint density at radius 2 is 2.47 bits per heavy atom. The molecule has 78 valence electrons. The first-order valence-corrected chi connectivity index (χ1v) is 4.57. The van der Waals surface area contributed by atoms with E-state index in [9.17, 15) is 4.79 Å². The van der Waals surface area contributed by atoms with Gasteiger partial charge in [-0.2, -0.15) is 4.98 Å². The quantitative estimate of drug-likeness (QED) is 0.709. The maximum atomic E-state index is 10.9. The molecule has 0 bridgehead atoms. The molecule has 0 saturated carbocycles. The number of methoxy groups -OCH3 is 1. The SMILES string of the molecule is COC(=O)CCc1nc2ncccc2o1. The van der Waals surface area contributed by atoms with Crippen LogP contribution in [0.1, 0.15) is 12.3 Å². The summed E-state index contributed by atoms with van der Waals surface area (Å²) in [4.78, 5) is 19.1. The monoisotopic (exact) mass is 206 g/mol. The van der Waals surface area contributed by atoms with Crippen molar-refractivity contribution >= 4 is 17.2 Å². The van der Waals surface area contributed by atoms with Gasteiger partial charge in [-0.05, 0) is 12.1 Å². The van der Waals surface area contributed by atoms with E-state index in [0.29, 0.717) is 23.5 Å². The lowest BCUT2D eigenvalue weighted by atomic mass is 10.3. The van der Waals surface area contributed by atoms with Crippen molar-refractivity contribution in [2.45, 2.75) is 12.8 Å². The summed E-state index contributed by atoms with van der Waals surface area (Å²) >= 11 is 0. The van der Waals surface area contributed by atoms with Gasteiger partial charge in [0.25, 0.3) is 0 Å². The topological polar surface area (TPSA) is 65.2 Å². The highest BCUT2D eigenvalue weighted by molar-refractivity contribution is 5.70. The van der Waals surface area contributed by atoms with Gasteiger partial charge < -0.3 is 9.15 Å². The summed E-state index contributed by atoms with van der Waals surface area (Å²) in [6.45, 7) is 0. The van der Waals surface area contributed by atoms with Crippen molar-refractivity contribution in [1.29, 1.82) is 0 Å². The van der Waals surface area contributed by atoms with Crippen LogP contribution in [-0.4, -0.2) is 23.0 Å². The minimum Gasteiger partial charge on any atom is -0.469 e. The van der Waals surface area contributed by atoms with Crippen LogP contribution in [0.25, 0.3) is 11.2 Å². The molecule has 0 saturated heterocycles. The molecule has 0 aliphatic carbocycles. The normalized spacial score (nSPS) is 10.5. The van der Waals surface area contributed by atoms with Gasteiger partial charge in [0, 0.05) is 12.6 Å². The zero-order valence-electron chi connectivity index (χ0n) is 8.27. The van der Waals surface area contributed by atoms with Crippen LogP contribution in [-0.2, 0) is 16.0 Å². The fourth-order valence-corrected chi connectivity index (χ4v) is 1.23. The molecule has 0 atom stereocenters. The Kier molecular flexibility index (Phi) is 2.62. The summed E-state index contributed by atoms with van der Waals surface area (Å²) in [5, 5.41) is 0. The van der Waals surface area contributed by atoms with Crippen molar-refractivity contribution in [1.82, 2.24) is 9.97 Å². The van der Waals surface area contributed by atoms with Gasteiger partial charge in [0.2, 0.25) is 0 Å². The first-order valence-electron chi connectivity index (χ1n) is 4.57. The van der Waals surface area contributed by atoms with Crippen LogP contribution in [0.4, 0.5) is 0 Å². The number of pyridine rings is 1. The largest absolute Gasteiger partial charge is 0.469 e. The smallest absolute Gasteiger partial charge is 0.306 e. The fraction of sp³-hybridized carbons (Fsp3) is 0.300. The molecule has 0 amide bonds. The third kappa shape index (κ3) is 2.12. The van der Waals surface area contributed by atoms with Gasteiger partial charge in [0.1, 0.15) is 0 Å². The molecule has 2 rings (SSSR count). The molecule has 5 nitrogen and oxygen atoms in total. The predicted octanol–water partition coefficient (Wildman–Crippen LogP) is 1.33. The molecule has 0 fully saturated rings. The highest BCUT2D eigenvalue weighted by atomic mass is 16.5. The molecular weight excluding hydrogens is 196 g/mol. The molecule has 0 aromatic carbocycles. The van der Waals surface area contributed by atoms with Gasteiger partial charge >= 0.3 is 5.97 Å². The van der Waals surface area contributed by atoms with Crippen LogP contribution in [0.3, 0.4) is 0 Å². The van der Waals surface area contributed by atoms with E-state index in [2.05, 4.69) is 14.7 Å². The number of aromatic nitrogens is 2. The third-order valence-corrected chi connectivity index (χ3v) is 1.98. The number of nitrogens with zero attached hydrogens (tertiary/aromatic N) is 2. The van der Waals surface area contributed by atoms with Gasteiger partial charge in [-0.3, -0.25) is 4.79 Å². The molecular formula is C10H10N2O3. The van der Waals surface area contributed by atoms with E-state index >= 15 is 0 Å². The van der Waals surface area contributed by atoms with Crippen LogP contribution < -0.4 is 0 Å². The number of aryl methyl sites for hydroxylation is 1. The number of oxazole rings is 1. The highest BCUT2D eigenvalue weighted by Gasteiger charge is 2.08. The van der Waals surface area contributed by atoms with E-state index in [1.54, 1.807) is 18.3 Å². The molecule has 0 N–H and O–H groups in total. The highest BCUT2D eigenvalue weighted by Crippen LogP contribution is 2.13. The van der Waals surface area contributed by atoms with Crippen molar-refractivity contribution in [3.05, 3.63) is 24.2 Å². The van der Waals surface area contributed by atoms with Crippen molar-refractivity contribution in [2.24, 2.45) is 0 Å². The zero-order valence-corrected chi connectivity index (χ0v) is 8.27. The van der Waals surface area contributed by atoms with E-state index in [1.165, 1.54) is 7.11 Å². The van der Waals surface area contributed by atoms with Gasteiger partial charge in [0.05, 0.1) is 13.5 Å². The number of fused-ring (bicyclic) bond motifs is 1. The van der Waals surface area contributed by atoms with Crippen LogP contribution in [0, 0.1) is 0 Å². The number of carbonyl (C=O) groups excluding carboxylic acids is 1. The number of hydrogen-bond acceptors (Lipinski definition) is 5. The maximum Gasteiger partial charge on any atom is 0.306 e. The summed E-state index contributed by atoms with van der Waals surface area (Å²) in [7, 11) is 1.36. The van der Waals surface area contributed by atoms with Gasteiger partial charge in [-0.1, -0.05) is 0 Å². The van der Waals surface area contributed by atoms with E-state index < -0.39 is 0 Å². The molecule has 0 spiro atoms. The second kappa shape index (κ2) is 4.08. The molecule has 0 aliphatic rings. The van der Waals surface area contributed by atoms with E-state index in [0.717, 1.165) is 0 Å². The molecule has 2 heterocycles. The number of carbonyl (C=O) groups is 1. The Morgan fingerprint density at radius 1 is 1.60 bits per heavy atom. The maximum absolute atomic E-state index is 10.9. The minimum absolute atomic E-state index is 0.267. The van der Waals surface area contributed by atoms with Crippen molar-refractivity contribution in [3.63, 3.8) is 0 Å². The summed E-state index contributed by atoms with van der Waals surface area (Å²) in [5.41, 5.74) is 1.20. The van der Waals surface area contributed by atoms with Crippen molar-refractivity contribution in [2.75, 3.05) is 7.11 Å². The Hall–Kier alpha value is -1.91. The van der Waals surface area contributed by atoms with Crippen LogP contribution in [0.2, 0.25) is 0 Å². The van der Waals surface area contributed by atoms with Gasteiger partial charge in [0.15, 0.2) is 17.1 Å². The molecule has 0 radical (unpaired) electrons. The lowest BCUT2D eigenvalue weighted by molar-refractivity contribution is -0.140. The van der Waals surface area contributed by atoms with Crippen LogP contribution >= 0.6 is 0 Å². The van der Waals surface area contributed by atoms with Crippen LogP contribution in [0.15, 0.2) is 22.7 Å². The number of hydrogen-bond donors (Lipinski definition) is 0. The molecule has 2 aromatic rings. The Balaban J connectivity index is 2.12. The zero-order chi connectivity index (χ0) is 10.7. The van der Waals surface area contributed by atoms with E-state index in [-0.39, 0.29) is 12.4 Å². The third-order valence-electron chi connectivity index (χ3n) is 1.98. The summed E-state index contributed by atoms with van der Waals surface area (Å²) < 4.78 is 9.90. The van der Waals surface area contributed by atoms with Crippen molar-refractivity contribution in [3.8, 4) is 0 Å². The minimum atomic E-state index is -0.273. The molecule has 15 heavy (non-hydrogen) atoms. The standard InChI is InChI=1S/C10H10N2O3/c1-14-9(13)5-4-8-12-10-7(15-8)3-2-6-11-10/h2-3,6H,4-5H2,1H3. The van der Waals surface area contributed by atoms with Gasteiger partial charge in [-0.25, -0.2) is 4.98 Å². The molecule has 0 aliphatic heterocycles. The summed E-state index contributed by atoms with van der Waals surface area (Å²) in [6.07, 6.45) is 2.35. The number of rotatable bonds is 3. The second-order valence-corrected chi connectivity index (χ2v) is 3.01. The Bertz CT molecular complexity index is 445. The second-order valence-electron chi connectivity index (χ2n) is 3.01. The Labute approximate surface area is 86.1 Å². The first-order chi connectivity index (χ1) is 7.29. The number of esters is 1. The predicted molar refractivity (Wildman–Crippen MR) is 52.1 cm³/mol. The van der Waals surface area contributed by atoms with Crippen molar-refractivity contribution < 1.29 is 13.9 Å². The Morgan fingerprint density at radius 3 is 3.20 bits per heavy atom. The fourth-order valence-electron chi connectivity index (χ4n) is 1.23. The van der Waals surface area contributed by atoms with Gasteiger partial charge in [-0.15, -0.1) is 0 Å². The average molecular weight is 206 g/mol.